The number of hydrogen-bond donors (Lipinski definition) is 1. The number of likely N-dealkylation sites (tertiary alicyclic amines) is 1. The predicted octanol–water partition coefficient (Wildman–Crippen LogP) is 3.07. The molecular weight excluding hydrogens is 232 g/mol. The van der Waals surface area contributed by atoms with E-state index in [0.717, 1.165) is 13.0 Å². The van der Waals surface area contributed by atoms with Crippen LogP contribution in [0.5, 0.6) is 0 Å². The normalized spacial score (nSPS) is 21.2. The van der Waals surface area contributed by atoms with Crippen molar-refractivity contribution in [3.8, 4) is 0 Å². The van der Waals surface area contributed by atoms with Crippen LogP contribution in [0.3, 0.4) is 0 Å². The fraction of sp³-hybridized carbons (Fsp3) is 0.647. The highest BCUT2D eigenvalue weighted by molar-refractivity contribution is 5.16. The van der Waals surface area contributed by atoms with Crippen molar-refractivity contribution in [3.05, 3.63) is 35.9 Å². The van der Waals surface area contributed by atoms with Gasteiger partial charge in [-0.05, 0) is 43.3 Å². The van der Waals surface area contributed by atoms with Crippen molar-refractivity contribution in [2.45, 2.75) is 45.6 Å². The molecule has 1 aliphatic heterocycles. The van der Waals surface area contributed by atoms with E-state index < -0.39 is 0 Å². The second-order valence-electron chi connectivity index (χ2n) is 6.28. The van der Waals surface area contributed by atoms with E-state index >= 15 is 0 Å². The summed E-state index contributed by atoms with van der Waals surface area (Å²) in [6, 6.07) is 11.2. The van der Waals surface area contributed by atoms with E-state index in [1.165, 1.54) is 37.9 Å². The minimum Gasteiger partial charge on any atom is -0.329 e. The van der Waals surface area contributed by atoms with Crippen LogP contribution >= 0.6 is 0 Å². The van der Waals surface area contributed by atoms with Gasteiger partial charge in [0.2, 0.25) is 0 Å². The van der Waals surface area contributed by atoms with Gasteiger partial charge in [0.25, 0.3) is 0 Å². The molecule has 1 unspecified atom stereocenters. The molecule has 0 saturated carbocycles. The van der Waals surface area contributed by atoms with Crippen molar-refractivity contribution in [2.75, 3.05) is 19.6 Å². The molecule has 1 saturated heterocycles. The predicted molar refractivity (Wildman–Crippen MR) is 82.2 cm³/mol. The van der Waals surface area contributed by atoms with Gasteiger partial charge in [0.1, 0.15) is 0 Å². The molecule has 19 heavy (non-hydrogen) atoms. The van der Waals surface area contributed by atoms with Crippen LogP contribution in [0.1, 0.15) is 38.7 Å². The largest absolute Gasteiger partial charge is 0.329 e. The maximum absolute atomic E-state index is 6.01. The molecule has 1 aromatic carbocycles. The van der Waals surface area contributed by atoms with Gasteiger partial charge in [0.05, 0.1) is 0 Å². The molecule has 2 N–H and O–H groups in total. The molecule has 1 atom stereocenters. The number of nitrogens with zero attached hydrogens (tertiary/aromatic N) is 1. The van der Waals surface area contributed by atoms with Gasteiger partial charge >= 0.3 is 0 Å². The first-order valence-electron chi connectivity index (χ1n) is 7.65. The van der Waals surface area contributed by atoms with Crippen LogP contribution < -0.4 is 5.73 Å². The molecular formula is C17H28N2. The van der Waals surface area contributed by atoms with Gasteiger partial charge in [-0.1, -0.05) is 50.6 Å². The summed E-state index contributed by atoms with van der Waals surface area (Å²) in [5.41, 5.74) is 7.97. The summed E-state index contributed by atoms with van der Waals surface area (Å²) in [4.78, 5) is 2.60. The minimum absolute atomic E-state index is 0.504. The second kappa shape index (κ2) is 6.53. The Labute approximate surface area is 118 Å². The van der Waals surface area contributed by atoms with Crippen LogP contribution in [0.25, 0.3) is 0 Å². The van der Waals surface area contributed by atoms with Gasteiger partial charge in [0.15, 0.2) is 0 Å². The number of benzene rings is 1. The van der Waals surface area contributed by atoms with Gasteiger partial charge in [-0.3, -0.25) is 4.90 Å². The molecule has 106 valence electrons. The Morgan fingerprint density at radius 1 is 1.21 bits per heavy atom. The van der Waals surface area contributed by atoms with Crippen molar-refractivity contribution in [2.24, 2.45) is 11.1 Å². The minimum atomic E-state index is 0.504. The zero-order valence-corrected chi connectivity index (χ0v) is 12.4. The van der Waals surface area contributed by atoms with Crippen molar-refractivity contribution >= 4 is 0 Å². The Kier molecular flexibility index (Phi) is 5.00. The van der Waals surface area contributed by atoms with E-state index in [-0.39, 0.29) is 0 Å². The smallest absolute Gasteiger partial charge is 0.0258 e. The van der Waals surface area contributed by atoms with E-state index in [1.807, 2.05) is 0 Å². The van der Waals surface area contributed by atoms with Crippen LogP contribution in [0.4, 0.5) is 0 Å². The zero-order chi connectivity index (χ0) is 13.7. The molecule has 1 aromatic rings. The summed E-state index contributed by atoms with van der Waals surface area (Å²) < 4.78 is 0. The standard InChI is InChI=1S/C17H28N2/c1-3-17(2)9-11-19(12-10-17)16(14-18)13-15-7-5-4-6-8-15/h4-8,16H,3,9-14,18H2,1-2H3. The van der Waals surface area contributed by atoms with Crippen LogP contribution in [0, 0.1) is 5.41 Å². The number of rotatable bonds is 5. The maximum Gasteiger partial charge on any atom is 0.0258 e. The Morgan fingerprint density at radius 3 is 2.37 bits per heavy atom. The molecule has 0 aromatic heterocycles. The molecule has 0 aliphatic carbocycles. The molecule has 0 spiro atoms. The highest BCUT2D eigenvalue weighted by Crippen LogP contribution is 2.34. The molecule has 2 heteroatoms. The summed E-state index contributed by atoms with van der Waals surface area (Å²) in [7, 11) is 0. The first-order valence-corrected chi connectivity index (χ1v) is 7.65. The molecule has 2 nitrogen and oxygen atoms in total. The number of piperidine rings is 1. The topological polar surface area (TPSA) is 29.3 Å². The van der Waals surface area contributed by atoms with Gasteiger partial charge in [0, 0.05) is 12.6 Å². The SMILES string of the molecule is CCC1(C)CCN(C(CN)Cc2ccccc2)CC1. The Balaban J connectivity index is 1.93. The van der Waals surface area contributed by atoms with Crippen LogP contribution in [-0.2, 0) is 6.42 Å². The first kappa shape index (κ1) is 14.5. The van der Waals surface area contributed by atoms with E-state index in [0.29, 0.717) is 11.5 Å². The highest BCUT2D eigenvalue weighted by atomic mass is 15.2. The van der Waals surface area contributed by atoms with Crippen molar-refractivity contribution in [1.29, 1.82) is 0 Å². The summed E-state index contributed by atoms with van der Waals surface area (Å²) >= 11 is 0. The molecule has 1 fully saturated rings. The number of hydrogen-bond acceptors (Lipinski definition) is 2. The van der Waals surface area contributed by atoms with Crippen LogP contribution in [0.2, 0.25) is 0 Å². The molecule has 1 heterocycles. The summed E-state index contributed by atoms with van der Waals surface area (Å²) in [6.45, 7) is 7.93. The second-order valence-corrected chi connectivity index (χ2v) is 6.28. The zero-order valence-electron chi connectivity index (χ0n) is 12.4. The summed E-state index contributed by atoms with van der Waals surface area (Å²) in [5, 5.41) is 0. The Hall–Kier alpha value is -0.860. The number of nitrogens with two attached hydrogens (primary N) is 1. The first-order chi connectivity index (χ1) is 9.17. The van der Waals surface area contributed by atoms with Gasteiger partial charge in [-0.2, -0.15) is 0 Å². The van der Waals surface area contributed by atoms with Crippen molar-refractivity contribution < 1.29 is 0 Å². The average molecular weight is 260 g/mol. The van der Waals surface area contributed by atoms with E-state index in [2.05, 4.69) is 49.1 Å². The fourth-order valence-electron chi connectivity index (χ4n) is 3.03. The third-order valence-corrected chi connectivity index (χ3v) is 4.96. The van der Waals surface area contributed by atoms with E-state index in [4.69, 9.17) is 5.73 Å². The quantitative estimate of drug-likeness (QED) is 0.881. The van der Waals surface area contributed by atoms with Crippen molar-refractivity contribution in [3.63, 3.8) is 0 Å². The van der Waals surface area contributed by atoms with E-state index in [1.54, 1.807) is 0 Å². The van der Waals surface area contributed by atoms with Crippen molar-refractivity contribution in [1.82, 2.24) is 4.90 Å². The third-order valence-electron chi connectivity index (χ3n) is 4.96. The molecule has 0 amide bonds. The summed E-state index contributed by atoms with van der Waals surface area (Å²) in [5.74, 6) is 0. The Bertz CT molecular complexity index is 366. The molecule has 0 radical (unpaired) electrons. The van der Waals surface area contributed by atoms with E-state index in [9.17, 15) is 0 Å². The Morgan fingerprint density at radius 2 is 1.84 bits per heavy atom. The van der Waals surface area contributed by atoms with Gasteiger partial charge in [-0.25, -0.2) is 0 Å². The lowest BCUT2D eigenvalue weighted by Crippen LogP contribution is -2.48. The molecule has 0 bridgehead atoms. The lowest BCUT2D eigenvalue weighted by atomic mass is 9.78. The van der Waals surface area contributed by atoms with Gasteiger partial charge in [-0.15, -0.1) is 0 Å². The lowest BCUT2D eigenvalue weighted by Gasteiger charge is -2.42. The molecule has 2 rings (SSSR count). The van der Waals surface area contributed by atoms with Gasteiger partial charge < -0.3 is 5.73 Å². The van der Waals surface area contributed by atoms with Crippen LogP contribution in [0.15, 0.2) is 30.3 Å². The molecule has 1 aliphatic rings. The van der Waals surface area contributed by atoms with Crippen LogP contribution in [-0.4, -0.2) is 30.6 Å². The highest BCUT2D eigenvalue weighted by Gasteiger charge is 2.30. The summed E-state index contributed by atoms with van der Waals surface area (Å²) in [6.07, 6.45) is 5.01. The lowest BCUT2D eigenvalue weighted by molar-refractivity contribution is 0.0830. The average Bonchev–Trinajstić information content (AvgIpc) is 2.47. The third kappa shape index (κ3) is 3.80. The maximum atomic E-state index is 6.01. The monoisotopic (exact) mass is 260 g/mol. The fourth-order valence-corrected chi connectivity index (χ4v) is 3.03.